The molecule has 1 saturated heterocycles. The largest absolute Gasteiger partial charge is 0.378 e. The van der Waals surface area contributed by atoms with E-state index in [0.29, 0.717) is 0 Å². The number of pyridine rings is 1. The van der Waals surface area contributed by atoms with Gasteiger partial charge in [0.2, 0.25) is 0 Å². The summed E-state index contributed by atoms with van der Waals surface area (Å²) in [6.45, 7) is 5.30. The van der Waals surface area contributed by atoms with Gasteiger partial charge in [0.15, 0.2) is 0 Å². The Morgan fingerprint density at radius 3 is 2.83 bits per heavy atom. The van der Waals surface area contributed by atoms with Crippen molar-refractivity contribution in [2.45, 2.75) is 37.6 Å². The summed E-state index contributed by atoms with van der Waals surface area (Å²) in [6.07, 6.45) is 8.40. The molecule has 0 aromatic carbocycles. The van der Waals surface area contributed by atoms with E-state index in [1.54, 1.807) is 29.4 Å². The van der Waals surface area contributed by atoms with Gasteiger partial charge in [-0.3, -0.25) is 0 Å². The van der Waals surface area contributed by atoms with Gasteiger partial charge in [-0.1, -0.05) is 17.7 Å². The summed E-state index contributed by atoms with van der Waals surface area (Å²) >= 11 is 9.43. The van der Waals surface area contributed by atoms with Crippen molar-refractivity contribution in [2.24, 2.45) is 0 Å². The third-order valence-corrected chi connectivity index (χ3v) is 7.84. The molecular formula is C21H23ClN4OS2. The van der Waals surface area contributed by atoms with Crippen LogP contribution in [0.1, 0.15) is 30.9 Å². The van der Waals surface area contributed by atoms with Crippen molar-refractivity contribution < 1.29 is 4.74 Å². The van der Waals surface area contributed by atoms with E-state index in [0.717, 1.165) is 70.0 Å². The van der Waals surface area contributed by atoms with Gasteiger partial charge in [0.1, 0.15) is 22.0 Å². The van der Waals surface area contributed by atoms with Crippen molar-refractivity contribution in [3.63, 3.8) is 0 Å². The first-order valence-corrected chi connectivity index (χ1v) is 12.3. The van der Waals surface area contributed by atoms with Gasteiger partial charge in [-0.25, -0.2) is 15.0 Å². The Hall–Kier alpha value is -1.41. The van der Waals surface area contributed by atoms with E-state index in [1.165, 1.54) is 35.2 Å². The molecule has 29 heavy (non-hydrogen) atoms. The lowest BCUT2D eigenvalue weighted by Gasteiger charge is -2.31. The van der Waals surface area contributed by atoms with Gasteiger partial charge < -0.3 is 9.64 Å². The van der Waals surface area contributed by atoms with Crippen LogP contribution in [0.4, 0.5) is 5.82 Å². The normalized spacial score (nSPS) is 17.9. The van der Waals surface area contributed by atoms with Crippen molar-refractivity contribution in [1.82, 2.24) is 15.0 Å². The number of rotatable bonds is 4. The van der Waals surface area contributed by atoms with Crippen molar-refractivity contribution in [2.75, 3.05) is 37.0 Å². The van der Waals surface area contributed by atoms with E-state index in [1.807, 2.05) is 13.0 Å². The molecule has 4 heterocycles. The Balaban J connectivity index is 1.67. The smallest absolute Gasteiger partial charge is 0.133 e. The zero-order valence-corrected chi connectivity index (χ0v) is 18.8. The molecule has 0 radical (unpaired) electrons. The van der Waals surface area contributed by atoms with Crippen molar-refractivity contribution in [3.05, 3.63) is 28.6 Å². The first-order chi connectivity index (χ1) is 14.2. The Kier molecular flexibility index (Phi) is 5.65. The summed E-state index contributed by atoms with van der Waals surface area (Å²) < 4.78 is 6.71. The van der Waals surface area contributed by atoms with Gasteiger partial charge in [0.25, 0.3) is 0 Å². The van der Waals surface area contributed by atoms with E-state index < -0.39 is 0 Å². The second kappa shape index (κ2) is 8.38. The van der Waals surface area contributed by atoms with Gasteiger partial charge in [0, 0.05) is 29.3 Å². The number of anilines is 1. The number of fused-ring (bicyclic) bond motifs is 5. The predicted molar refractivity (Wildman–Crippen MR) is 123 cm³/mol. The minimum absolute atomic E-state index is 0.778. The van der Waals surface area contributed by atoms with Crippen LogP contribution in [0.25, 0.3) is 20.4 Å². The SMILES string of the molecule is C/C(Cl)=C\CSc1ncnc2c1sc1nc(N3CCOCC3)c3c(c12)CCCC3. The summed E-state index contributed by atoms with van der Waals surface area (Å²) in [5.74, 6) is 1.98. The molecule has 1 aliphatic carbocycles. The highest BCUT2D eigenvalue weighted by atomic mass is 35.5. The average molecular weight is 447 g/mol. The maximum absolute atomic E-state index is 5.99. The van der Waals surface area contributed by atoms with Gasteiger partial charge in [0.05, 0.1) is 23.4 Å². The van der Waals surface area contributed by atoms with E-state index in [2.05, 4.69) is 9.88 Å². The number of aromatic nitrogens is 3. The van der Waals surface area contributed by atoms with Gasteiger partial charge in [-0.05, 0) is 43.7 Å². The summed E-state index contributed by atoms with van der Waals surface area (Å²) in [7, 11) is 0. The van der Waals surface area contributed by atoms with E-state index >= 15 is 0 Å². The molecule has 1 aliphatic heterocycles. The number of morpholine rings is 1. The molecule has 0 unspecified atom stereocenters. The van der Waals surface area contributed by atoms with E-state index in [4.69, 9.17) is 26.3 Å². The highest BCUT2D eigenvalue weighted by Gasteiger charge is 2.26. The molecule has 0 bridgehead atoms. The van der Waals surface area contributed by atoms with E-state index in [9.17, 15) is 0 Å². The second-order valence-corrected chi connectivity index (χ2v) is 10.0. The Labute approximate surface area is 183 Å². The number of thioether (sulfide) groups is 1. The molecule has 5 nitrogen and oxygen atoms in total. The minimum Gasteiger partial charge on any atom is -0.378 e. The standard InChI is InChI=1S/C21H23ClN4OS2/c1-13(22)6-11-28-21-18-17(23-12-24-21)16-14-4-2-3-5-15(14)19(25-20(16)29-18)26-7-9-27-10-8-26/h6,12H,2-5,7-11H2,1H3/b13-6+. The number of aryl methyl sites for hydroxylation is 1. The van der Waals surface area contributed by atoms with Gasteiger partial charge >= 0.3 is 0 Å². The molecule has 2 aliphatic rings. The van der Waals surface area contributed by atoms with Crippen molar-refractivity contribution >= 4 is 61.0 Å². The highest BCUT2D eigenvalue weighted by molar-refractivity contribution is 7.99. The van der Waals surface area contributed by atoms with Crippen LogP contribution in [-0.2, 0) is 17.6 Å². The highest BCUT2D eigenvalue weighted by Crippen LogP contribution is 2.43. The summed E-state index contributed by atoms with van der Waals surface area (Å²) in [5.41, 5.74) is 3.95. The lowest BCUT2D eigenvalue weighted by molar-refractivity contribution is 0.122. The molecule has 0 saturated carbocycles. The Bertz CT molecular complexity index is 1090. The van der Waals surface area contributed by atoms with Crippen LogP contribution in [0, 0.1) is 0 Å². The number of hydrogen-bond donors (Lipinski definition) is 0. The molecule has 1 fully saturated rings. The first kappa shape index (κ1) is 19.5. The van der Waals surface area contributed by atoms with Crippen LogP contribution in [0.2, 0.25) is 0 Å². The third-order valence-electron chi connectivity index (χ3n) is 5.56. The fourth-order valence-corrected chi connectivity index (χ4v) is 6.54. The molecule has 0 N–H and O–H groups in total. The Morgan fingerprint density at radius 1 is 1.24 bits per heavy atom. The Morgan fingerprint density at radius 2 is 2.03 bits per heavy atom. The quantitative estimate of drug-likeness (QED) is 0.406. The van der Waals surface area contributed by atoms with Crippen LogP contribution in [0.5, 0.6) is 0 Å². The molecule has 3 aromatic heterocycles. The predicted octanol–water partition coefficient (Wildman–Crippen LogP) is 5.19. The maximum Gasteiger partial charge on any atom is 0.133 e. The lowest BCUT2D eigenvalue weighted by Crippen LogP contribution is -2.37. The number of halogens is 1. The fourth-order valence-electron chi connectivity index (χ4n) is 4.19. The number of allylic oxidation sites excluding steroid dienone is 1. The average Bonchev–Trinajstić information content (AvgIpc) is 3.13. The molecule has 0 amide bonds. The van der Waals surface area contributed by atoms with Gasteiger partial charge in [-0.15, -0.1) is 23.1 Å². The van der Waals surface area contributed by atoms with Gasteiger partial charge in [-0.2, -0.15) is 0 Å². The molecular weight excluding hydrogens is 424 g/mol. The second-order valence-electron chi connectivity index (χ2n) is 7.44. The number of hydrogen-bond acceptors (Lipinski definition) is 7. The summed E-state index contributed by atoms with van der Waals surface area (Å²) in [5, 5.41) is 3.08. The monoisotopic (exact) mass is 446 g/mol. The molecule has 152 valence electrons. The summed E-state index contributed by atoms with van der Waals surface area (Å²) in [4.78, 5) is 17.9. The van der Waals surface area contributed by atoms with Crippen LogP contribution in [0.3, 0.4) is 0 Å². The fraction of sp³-hybridized carbons (Fsp3) is 0.476. The molecule has 3 aromatic rings. The minimum atomic E-state index is 0.778. The third kappa shape index (κ3) is 3.74. The molecule has 0 spiro atoms. The molecule has 8 heteroatoms. The number of thiophene rings is 1. The first-order valence-electron chi connectivity index (χ1n) is 10.1. The van der Waals surface area contributed by atoms with Crippen molar-refractivity contribution in [1.29, 1.82) is 0 Å². The topological polar surface area (TPSA) is 51.1 Å². The molecule has 0 atom stereocenters. The zero-order chi connectivity index (χ0) is 19.8. The number of nitrogens with zero attached hydrogens (tertiary/aromatic N) is 4. The van der Waals surface area contributed by atoms with Crippen LogP contribution in [-0.4, -0.2) is 47.0 Å². The lowest BCUT2D eigenvalue weighted by atomic mass is 9.90. The van der Waals surface area contributed by atoms with Crippen LogP contribution in [0.15, 0.2) is 22.5 Å². The summed E-state index contributed by atoms with van der Waals surface area (Å²) in [6, 6.07) is 0. The van der Waals surface area contributed by atoms with E-state index in [-0.39, 0.29) is 0 Å². The van der Waals surface area contributed by atoms with Crippen molar-refractivity contribution in [3.8, 4) is 0 Å². The molecule has 5 rings (SSSR count). The van der Waals surface area contributed by atoms with Crippen LogP contribution >= 0.6 is 34.7 Å². The zero-order valence-electron chi connectivity index (χ0n) is 16.4. The van der Waals surface area contributed by atoms with Crippen LogP contribution < -0.4 is 4.90 Å². The maximum atomic E-state index is 5.99. The number of ether oxygens (including phenoxy) is 1.